The van der Waals surface area contributed by atoms with Gasteiger partial charge in [0.1, 0.15) is 13.2 Å². The van der Waals surface area contributed by atoms with E-state index in [0.29, 0.717) is 47.2 Å². The van der Waals surface area contributed by atoms with E-state index in [9.17, 15) is 9.59 Å². The van der Waals surface area contributed by atoms with E-state index in [2.05, 4.69) is 20.8 Å². The highest BCUT2D eigenvalue weighted by Gasteiger charge is 2.19. The Kier molecular flexibility index (Phi) is 4.67. The van der Waals surface area contributed by atoms with Gasteiger partial charge in [0, 0.05) is 23.9 Å². The van der Waals surface area contributed by atoms with Gasteiger partial charge in [0.15, 0.2) is 11.5 Å². The molecule has 3 aromatic rings. The first-order valence-corrected chi connectivity index (χ1v) is 8.72. The van der Waals surface area contributed by atoms with Crippen molar-refractivity contribution in [3.8, 4) is 22.8 Å². The van der Waals surface area contributed by atoms with E-state index in [1.807, 2.05) is 18.2 Å². The zero-order valence-corrected chi connectivity index (χ0v) is 15.1. The molecule has 142 valence electrons. The molecule has 3 N–H and O–H groups in total. The summed E-state index contributed by atoms with van der Waals surface area (Å²) in [6.07, 6.45) is 1.47. The van der Waals surface area contributed by atoms with E-state index in [-0.39, 0.29) is 11.8 Å². The van der Waals surface area contributed by atoms with Gasteiger partial charge in [-0.1, -0.05) is 0 Å². The van der Waals surface area contributed by atoms with Crippen LogP contribution >= 0.6 is 0 Å². The third-order valence-electron chi connectivity index (χ3n) is 4.35. The first-order valence-electron chi connectivity index (χ1n) is 8.72. The average Bonchev–Trinajstić information content (AvgIpc) is 3.23. The summed E-state index contributed by atoms with van der Waals surface area (Å²) in [6.45, 7) is 1.00. The first kappa shape index (κ1) is 17.6. The smallest absolute Gasteiger partial charge is 0.259 e. The SMILES string of the molecule is CNC(=O)c1ccc(NC(=O)c2cn[nH]c2-c2ccc3c(c2)OCCO3)cc1. The third kappa shape index (κ3) is 3.39. The maximum Gasteiger partial charge on any atom is 0.259 e. The Morgan fingerprint density at radius 2 is 1.75 bits per heavy atom. The van der Waals surface area contributed by atoms with Crippen LogP contribution < -0.4 is 20.1 Å². The highest BCUT2D eigenvalue weighted by molar-refractivity contribution is 6.08. The molecule has 0 saturated carbocycles. The second-order valence-electron chi connectivity index (χ2n) is 6.13. The van der Waals surface area contributed by atoms with Gasteiger partial charge in [-0.3, -0.25) is 14.7 Å². The second kappa shape index (κ2) is 7.43. The lowest BCUT2D eigenvalue weighted by Crippen LogP contribution is -2.18. The molecule has 8 heteroatoms. The predicted molar refractivity (Wildman–Crippen MR) is 103 cm³/mol. The Labute approximate surface area is 160 Å². The number of aromatic amines is 1. The monoisotopic (exact) mass is 378 g/mol. The molecular formula is C20H18N4O4. The maximum absolute atomic E-state index is 12.7. The Balaban J connectivity index is 1.55. The molecule has 1 aliphatic heterocycles. The minimum absolute atomic E-state index is 0.186. The van der Waals surface area contributed by atoms with Gasteiger partial charge in [-0.2, -0.15) is 5.10 Å². The van der Waals surface area contributed by atoms with E-state index in [4.69, 9.17) is 9.47 Å². The number of amides is 2. The number of carbonyl (C=O) groups is 2. The van der Waals surface area contributed by atoms with Gasteiger partial charge < -0.3 is 20.1 Å². The average molecular weight is 378 g/mol. The van der Waals surface area contributed by atoms with Crippen LogP contribution in [0, 0.1) is 0 Å². The van der Waals surface area contributed by atoms with Crippen LogP contribution in [-0.2, 0) is 0 Å². The van der Waals surface area contributed by atoms with Gasteiger partial charge in [0.25, 0.3) is 11.8 Å². The lowest BCUT2D eigenvalue weighted by Gasteiger charge is -2.18. The molecule has 0 saturated heterocycles. The van der Waals surface area contributed by atoms with Gasteiger partial charge in [-0.05, 0) is 42.5 Å². The molecule has 0 bridgehead atoms. The maximum atomic E-state index is 12.7. The molecular weight excluding hydrogens is 360 g/mol. The fourth-order valence-corrected chi connectivity index (χ4v) is 2.92. The van der Waals surface area contributed by atoms with Crippen LogP contribution in [0.4, 0.5) is 5.69 Å². The van der Waals surface area contributed by atoms with E-state index >= 15 is 0 Å². The molecule has 1 aromatic heterocycles. The topological polar surface area (TPSA) is 105 Å². The summed E-state index contributed by atoms with van der Waals surface area (Å²) in [4.78, 5) is 24.3. The van der Waals surface area contributed by atoms with Gasteiger partial charge >= 0.3 is 0 Å². The minimum atomic E-state index is -0.314. The molecule has 2 heterocycles. The zero-order chi connectivity index (χ0) is 19.5. The van der Waals surface area contributed by atoms with Crippen molar-refractivity contribution in [3.63, 3.8) is 0 Å². The standard InChI is InChI=1S/C20H18N4O4/c1-21-19(25)12-2-5-14(6-3-12)23-20(26)15-11-22-24-18(15)13-4-7-16-17(10-13)28-9-8-27-16/h2-7,10-11H,8-9H2,1H3,(H,21,25)(H,22,24)(H,23,26). The second-order valence-corrected chi connectivity index (χ2v) is 6.13. The lowest BCUT2D eigenvalue weighted by atomic mass is 10.1. The number of hydrogen-bond donors (Lipinski definition) is 3. The van der Waals surface area contributed by atoms with Crippen LogP contribution in [0.15, 0.2) is 48.7 Å². The predicted octanol–water partition coefficient (Wildman–Crippen LogP) is 2.46. The molecule has 0 fully saturated rings. The molecule has 2 aromatic carbocycles. The minimum Gasteiger partial charge on any atom is -0.486 e. The molecule has 0 spiro atoms. The molecule has 0 aliphatic carbocycles. The van der Waals surface area contributed by atoms with Gasteiger partial charge in [0.2, 0.25) is 0 Å². The van der Waals surface area contributed by atoms with Crippen molar-refractivity contribution >= 4 is 17.5 Å². The third-order valence-corrected chi connectivity index (χ3v) is 4.35. The highest BCUT2D eigenvalue weighted by Crippen LogP contribution is 2.35. The van der Waals surface area contributed by atoms with Crippen LogP contribution in [0.2, 0.25) is 0 Å². The van der Waals surface area contributed by atoms with Crippen LogP contribution in [0.1, 0.15) is 20.7 Å². The molecule has 1 aliphatic rings. The number of ether oxygens (including phenoxy) is 2. The fraction of sp³-hybridized carbons (Fsp3) is 0.150. The van der Waals surface area contributed by atoms with Crippen molar-refractivity contribution in [3.05, 3.63) is 59.8 Å². The molecule has 0 atom stereocenters. The Morgan fingerprint density at radius 3 is 2.50 bits per heavy atom. The number of H-pyrrole nitrogens is 1. The number of benzene rings is 2. The van der Waals surface area contributed by atoms with Crippen LogP contribution in [0.3, 0.4) is 0 Å². The lowest BCUT2D eigenvalue weighted by molar-refractivity contribution is 0.0962. The number of hydrogen-bond acceptors (Lipinski definition) is 5. The number of nitrogens with zero attached hydrogens (tertiary/aromatic N) is 1. The largest absolute Gasteiger partial charge is 0.486 e. The normalized spacial score (nSPS) is 12.3. The summed E-state index contributed by atoms with van der Waals surface area (Å²) < 4.78 is 11.1. The van der Waals surface area contributed by atoms with E-state index in [0.717, 1.165) is 5.56 Å². The van der Waals surface area contributed by atoms with Crippen molar-refractivity contribution in [2.24, 2.45) is 0 Å². The van der Waals surface area contributed by atoms with Crippen molar-refractivity contribution < 1.29 is 19.1 Å². The number of nitrogens with one attached hydrogen (secondary N) is 3. The number of anilines is 1. The van der Waals surface area contributed by atoms with Crippen molar-refractivity contribution in [2.45, 2.75) is 0 Å². The Morgan fingerprint density at radius 1 is 1.00 bits per heavy atom. The summed E-state index contributed by atoms with van der Waals surface area (Å²) in [5.41, 5.74) is 2.83. The number of carbonyl (C=O) groups excluding carboxylic acids is 2. The van der Waals surface area contributed by atoms with E-state index in [1.165, 1.54) is 6.20 Å². The first-order chi connectivity index (χ1) is 13.7. The van der Waals surface area contributed by atoms with Crippen molar-refractivity contribution in [1.82, 2.24) is 15.5 Å². The summed E-state index contributed by atoms with van der Waals surface area (Å²) in [5, 5.41) is 12.2. The summed E-state index contributed by atoms with van der Waals surface area (Å²) >= 11 is 0. The van der Waals surface area contributed by atoms with Crippen molar-refractivity contribution in [2.75, 3.05) is 25.6 Å². The Hall–Kier alpha value is -3.81. The van der Waals surface area contributed by atoms with Gasteiger partial charge in [-0.25, -0.2) is 0 Å². The zero-order valence-electron chi connectivity index (χ0n) is 15.1. The molecule has 28 heavy (non-hydrogen) atoms. The van der Waals surface area contributed by atoms with E-state index < -0.39 is 0 Å². The number of rotatable bonds is 4. The molecule has 2 amide bonds. The van der Waals surface area contributed by atoms with Crippen LogP contribution in [-0.4, -0.2) is 42.3 Å². The number of aromatic nitrogens is 2. The van der Waals surface area contributed by atoms with Crippen molar-refractivity contribution in [1.29, 1.82) is 0 Å². The van der Waals surface area contributed by atoms with Crippen LogP contribution in [0.25, 0.3) is 11.3 Å². The molecule has 8 nitrogen and oxygen atoms in total. The summed E-state index contributed by atoms with van der Waals surface area (Å²) in [7, 11) is 1.57. The molecule has 0 unspecified atom stereocenters. The summed E-state index contributed by atoms with van der Waals surface area (Å²) in [6, 6.07) is 12.1. The summed E-state index contributed by atoms with van der Waals surface area (Å²) in [5.74, 6) is 0.811. The molecule has 0 radical (unpaired) electrons. The van der Waals surface area contributed by atoms with Gasteiger partial charge in [0.05, 0.1) is 17.5 Å². The van der Waals surface area contributed by atoms with E-state index in [1.54, 1.807) is 31.3 Å². The molecule has 4 rings (SSSR count). The number of fused-ring (bicyclic) bond motifs is 1. The fourth-order valence-electron chi connectivity index (χ4n) is 2.92. The highest BCUT2D eigenvalue weighted by atomic mass is 16.6. The quantitative estimate of drug-likeness (QED) is 0.647. The van der Waals surface area contributed by atoms with Gasteiger partial charge in [-0.15, -0.1) is 0 Å². The van der Waals surface area contributed by atoms with Crippen LogP contribution in [0.5, 0.6) is 11.5 Å². The Bertz CT molecular complexity index is 1030.